The number of aromatic nitrogens is 1. The predicted molar refractivity (Wildman–Crippen MR) is 93.0 cm³/mol. The maximum absolute atomic E-state index is 12.0. The molecule has 0 bridgehead atoms. The SMILES string of the molecule is COC(=O)c1nc(CNC(=O)OC(C)(C)C)oc1-c1ccc([N+](=O)[O-])cc1. The number of non-ortho nitro benzene ring substituents is 1. The van der Waals surface area contributed by atoms with Gasteiger partial charge in [0.25, 0.3) is 5.69 Å². The molecule has 144 valence electrons. The maximum Gasteiger partial charge on any atom is 0.408 e. The third-order valence-electron chi connectivity index (χ3n) is 3.17. The van der Waals surface area contributed by atoms with Crippen LogP contribution in [0.3, 0.4) is 0 Å². The molecule has 1 N–H and O–H groups in total. The van der Waals surface area contributed by atoms with Crippen LogP contribution in [0.4, 0.5) is 10.5 Å². The van der Waals surface area contributed by atoms with Crippen LogP contribution in [0.5, 0.6) is 0 Å². The summed E-state index contributed by atoms with van der Waals surface area (Å²) in [5, 5.41) is 13.2. The highest BCUT2D eigenvalue weighted by atomic mass is 16.6. The van der Waals surface area contributed by atoms with Gasteiger partial charge in [0.1, 0.15) is 5.60 Å². The number of carbonyl (C=O) groups is 2. The number of rotatable bonds is 5. The van der Waals surface area contributed by atoms with Crippen LogP contribution in [0.25, 0.3) is 11.3 Å². The van der Waals surface area contributed by atoms with Crippen LogP contribution in [-0.4, -0.2) is 34.7 Å². The molecule has 2 rings (SSSR count). The number of hydrogen-bond acceptors (Lipinski definition) is 8. The van der Waals surface area contributed by atoms with Crippen LogP contribution in [0, 0.1) is 10.1 Å². The largest absolute Gasteiger partial charge is 0.464 e. The minimum atomic E-state index is -0.740. The number of ether oxygens (including phenoxy) is 2. The lowest BCUT2D eigenvalue weighted by Crippen LogP contribution is -2.32. The minimum Gasteiger partial charge on any atom is -0.464 e. The number of nitro benzene ring substituents is 1. The molecular formula is C17H19N3O7. The first-order valence-corrected chi connectivity index (χ1v) is 7.90. The molecule has 1 heterocycles. The Bertz CT molecular complexity index is 850. The summed E-state index contributed by atoms with van der Waals surface area (Å²) in [5.41, 5.74) is -0.476. The van der Waals surface area contributed by atoms with Crippen LogP contribution < -0.4 is 5.32 Å². The van der Waals surface area contributed by atoms with Crippen molar-refractivity contribution >= 4 is 17.7 Å². The molecule has 0 spiro atoms. The van der Waals surface area contributed by atoms with Gasteiger partial charge in [-0.3, -0.25) is 10.1 Å². The Morgan fingerprint density at radius 2 is 1.89 bits per heavy atom. The van der Waals surface area contributed by atoms with Gasteiger partial charge in [0, 0.05) is 17.7 Å². The van der Waals surface area contributed by atoms with E-state index in [4.69, 9.17) is 9.15 Å². The minimum absolute atomic E-state index is 0.0506. The summed E-state index contributed by atoms with van der Waals surface area (Å²) in [4.78, 5) is 37.9. The van der Waals surface area contributed by atoms with E-state index in [9.17, 15) is 19.7 Å². The number of methoxy groups -OCH3 is 1. The fraction of sp³-hybridized carbons (Fsp3) is 0.353. The molecule has 10 nitrogen and oxygen atoms in total. The van der Waals surface area contributed by atoms with E-state index >= 15 is 0 Å². The summed E-state index contributed by atoms with van der Waals surface area (Å²) in [7, 11) is 1.19. The van der Waals surface area contributed by atoms with Crippen molar-refractivity contribution in [2.24, 2.45) is 0 Å². The van der Waals surface area contributed by atoms with Crippen LogP contribution >= 0.6 is 0 Å². The van der Waals surface area contributed by atoms with Gasteiger partial charge in [-0.05, 0) is 32.9 Å². The molecule has 27 heavy (non-hydrogen) atoms. The second kappa shape index (κ2) is 7.85. The average Bonchev–Trinajstić information content (AvgIpc) is 3.02. The fourth-order valence-electron chi connectivity index (χ4n) is 2.07. The Morgan fingerprint density at radius 1 is 1.26 bits per heavy atom. The number of hydrogen-bond donors (Lipinski definition) is 1. The molecule has 0 radical (unpaired) electrons. The Morgan fingerprint density at radius 3 is 2.41 bits per heavy atom. The number of carbonyl (C=O) groups excluding carboxylic acids is 2. The van der Waals surface area contributed by atoms with Gasteiger partial charge < -0.3 is 19.2 Å². The van der Waals surface area contributed by atoms with E-state index in [1.807, 2.05) is 0 Å². The van der Waals surface area contributed by atoms with E-state index in [0.717, 1.165) is 0 Å². The Labute approximate surface area is 154 Å². The molecule has 0 aliphatic carbocycles. The summed E-state index contributed by atoms with van der Waals surface area (Å²) in [5.74, 6) is -0.608. The maximum atomic E-state index is 12.0. The molecule has 0 saturated carbocycles. The van der Waals surface area contributed by atoms with E-state index in [-0.39, 0.29) is 29.6 Å². The number of esters is 1. The summed E-state index contributed by atoms with van der Waals surface area (Å²) in [6, 6.07) is 5.40. The molecular weight excluding hydrogens is 358 g/mol. The monoisotopic (exact) mass is 377 g/mol. The summed E-state index contributed by atoms with van der Waals surface area (Å²) in [6.45, 7) is 5.05. The summed E-state index contributed by atoms with van der Waals surface area (Å²) < 4.78 is 15.3. The number of nitro groups is 1. The fourth-order valence-corrected chi connectivity index (χ4v) is 2.07. The highest BCUT2D eigenvalue weighted by Gasteiger charge is 2.23. The second-order valence-electron chi connectivity index (χ2n) is 6.44. The van der Waals surface area contributed by atoms with Gasteiger partial charge in [-0.15, -0.1) is 0 Å². The molecule has 2 aromatic rings. The van der Waals surface area contributed by atoms with Crippen LogP contribution in [-0.2, 0) is 16.0 Å². The standard InChI is InChI=1S/C17H19N3O7/c1-17(2,3)27-16(22)18-9-12-19-13(15(21)25-4)14(26-12)10-5-7-11(8-6-10)20(23)24/h5-8H,9H2,1-4H3,(H,18,22). The number of nitrogens with one attached hydrogen (secondary N) is 1. The first kappa shape index (κ1) is 19.9. The van der Waals surface area contributed by atoms with Gasteiger partial charge in [-0.25, -0.2) is 14.6 Å². The Balaban J connectivity index is 2.25. The van der Waals surface area contributed by atoms with Crippen LogP contribution in [0.1, 0.15) is 37.2 Å². The molecule has 10 heteroatoms. The Hall–Kier alpha value is -3.43. The van der Waals surface area contributed by atoms with E-state index in [0.29, 0.717) is 5.56 Å². The van der Waals surface area contributed by atoms with Crippen molar-refractivity contribution in [2.45, 2.75) is 32.9 Å². The molecule has 0 aliphatic rings. The van der Waals surface area contributed by atoms with Gasteiger partial charge >= 0.3 is 12.1 Å². The molecule has 0 unspecified atom stereocenters. The lowest BCUT2D eigenvalue weighted by atomic mass is 10.1. The van der Waals surface area contributed by atoms with Gasteiger partial charge in [-0.1, -0.05) is 0 Å². The van der Waals surface area contributed by atoms with Crippen molar-refractivity contribution < 1.29 is 28.4 Å². The van der Waals surface area contributed by atoms with E-state index in [2.05, 4.69) is 15.0 Å². The van der Waals surface area contributed by atoms with Crippen molar-refractivity contribution in [3.8, 4) is 11.3 Å². The van der Waals surface area contributed by atoms with Gasteiger partial charge in [0.05, 0.1) is 18.6 Å². The van der Waals surface area contributed by atoms with Crippen LogP contribution in [0.2, 0.25) is 0 Å². The summed E-state index contributed by atoms with van der Waals surface area (Å²) >= 11 is 0. The van der Waals surface area contributed by atoms with E-state index in [1.165, 1.54) is 31.4 Å². The van der Waals surface area contributed by atoms with Crippen molar-refractivity contribution in [1.82, 2.24) is 10.3 Å². The van der Waals surface area contributed by atoms with Gasteiger partial charge in [0.2, 0.25) is 5.89 Å². The van der Waals surface area contributed by atoms with Crippen molar-refractivity contribution in [3.05, 3.63) is 46.0 Å². The highest BCUT2D eigenvalue weighted by molar-refractivity contribution is 5.93. The zero-order valence-corrected chi connectivity index (χ0v) is 15.3. The zero-order valence-electron chi connectivity index (χ0n) is 15.3. The summed E-state index contributed by atoms with van der Waals surface area (Å²) in [6.07, 6.45) is -0.669. The number of amides is 1. The second-order valence-corrected chi connectivity index (χ2v) is 6.44. The molecule has 1 aromatic heterocycles. The van der Waals surface area contributed by atoms with E-state index < -0.39 is 22.6 Å². The van der Waals surface area contributed by atoms with E-state index in [1.54, 1.807) is 20.8 Å². The number of alkyl carbamates (subject to hydrolysis) is 1. The topological polar surface area (TPSA) is 134 Å². The van der Waals surface area contributed by atoms with Crippen molar-refractivity contribution in [3.63, 3.8) is 0 Å². The van der Waals surface area contributed by atoms with Crippen LogP contribution in [0.15, 0.2) is 28.7 Å². The van der Waals surface area contributed by atoms with Gasteiger partial charge in [0.15, 0.2) is 11.5 Å². The first-order chi connectivity index (χ1) is 12.6. The molecule has 1 amide bonds. The normalized spacial score (nSPS) is 11.0. The first-order valence-electron chi connectivity index (χ1n) is 7.90. The average molecular weight is 377 g/mol. The number of benzene rings is 1. The quantitative estimate of drug-likeness (QED) is 0.477. The molecule has 0 saturated heterocycles. The van der Waals surface area contributed by atoms with Crippen molar-refractivity contribution in [2.75, 3.05) is 7.11 Å². The molecule has 0 atom stereocenters. The lowest BCUT2D eigenvalue weighted by Gasteiger charge is -2.19. The number of oxazole rings is 1. The molecule has 0 fully saturated rings. The third kappa shape index (κ3) is 5.27. The Kier molecular flexibility index (Phi) is 5.78. The molecule has 1 aromatic carbocycles. The van der Waals surface area contributed by atoms with Gasteiger partial charge in [-0.2, -0.15) is 0 Å². The zero-order chi connectivity index (χ0) is 20.2. The third-order valence-corrected chi connectivity index (χ3v) is 3.17. The smallest absolute Gasteiger partial charge is 0.408 e. The molecule has 0 aliphatic heterocycles. The lowest BCUT2D eigenvalue weighted by molar-refractivity contribution is -0.384. The van der Waals surface area contributed by atoms with Crippen molar-refractivity contribution in [1.29, 1.82) is 0 Å². The highest BCUT2D eigenvalue weighted by Crippen LogP contribution is 2.27. The number of nitrogens with zero attached hydrogens (tertiary/aromatic N) is 2. The predicted octanol–water partition coefficient (Wildman–Crippen LogP) is 3.06.